The molecule has 5 rings (SSSR count). The third kappa shape index (κ3) is 3.95. The molecule has 2 aliphatic heterocycles. The van der Waals surface area contributed by atoms with Gasteiger partial charge >= 0.3 is 0 Å². The number of fused-ring (bicyclic) bond motifs is 2. The highest BCUT2D eigenvalue weighted by Crippen LogP contribution is 2.39. The summed E-state index contributed by atoms with van der Waals surface area (Å²) in [6.45, 7) is 0.733. The SMILES string of the molecule is CSc1ccccc1[C@@H](c1ccc(F)c(F)c1)N1[C@@H]2COCCN2C(=O)c2c(OCl)c(=O)ccn21. The first-order valence-corrected chi connectivity index (χ1v) is 12.3. The Bertz CT molecular complexity index is 1350. The Morgan fingerprint density at radius 3 is 2.69 bits per heavy atom. The molecule has 0 bridgehead atoms. The zero-order valence-corrected chi connectivity index (χ0v) is 20.1. The van der Waals surface area contributed by atoms with Crippen molar-refractivity contribution in [2.24, 2.45) is 0 Å². The van der Waals surface area contributed by atoms with Crippen molar-refractivity contribution in [3.05, 3.63) is 93.4 Å². The molecule has 1 aromatic heterocycles. The van der Waals surface area contributed by atoms with E-state index >= 15 is 0 Å². The third-order valence-electron chi connectivity index (χ3n) is 6.19. The van der Waals surface area contributed by atoms with E-state index in [9.17, 15) is 18.4 Å². The van der Waals surface area contributed by atoms with E-state index in [-0.39, 0.29) is 24.6 Å². The number of halogens is 3. The minimum Gasteiger partial charge on any atom is -0.379 e. The van der Waals surface area contributed by atoms with Gasteiger partial charge in [0.25, 0.3) is 5.91 Å². The van der Waals surface area contributed by atoms with Crippen LogP contribution in [0.3, 0.4) is 0 Å². The molecule has 7 nitrogen and oxygen atoms in total. The Kier molecular flexibility index (Phi) is 6.43. The summed E-state index contributed by atoms with van der Waals surface area (Å²) in [6, 6.07) is 11.8. The molecule has 1 fully saturated rings. The van der Waals surface area contributed by atoms with E-state index in [4.69, 9.17) is 20.9 Å². The summed E-state index contributed by atoms with van der Waals surface area (Å²) in [5.74, 6) is -2.71. The Balaban J connectivity index is 1.82. The van der Waals surface area contributed by atoms with Crippen molar-refractivity contribution in [3.63, 3.8) is 0 Å². The Labute approximate surface area is 208 Å². The van der Waals surface area contributed by atoms with Crippen LogP contribution in [-0.4, -0.2) is 47.7 Å². The van der Waals surface area contributed by atoms with Crippen LogP contribution in [0.15, 0.2) is 64.4 Å². The van der Waals surface area contributed by atoms with Gasteiger partial charge < -0.3 is 13.9 Å². The number of carbonyl (C=O) groups excluding carboxylic acids is 1. The van der Waals surface area contributed by atoms with E-state index in [1.807, 2.05) is 35.5 Å². The summed E-state index contributed by atoms with van der Waals surface area (Å²) in [4.78, 5) is 28.5. The van der Waals surface area contributed by atoms with Gasteiger partial charge in [-0.1, -0.05) is 24.3 Å². The van der Waals surface area contributed by atoms with Gasteiger partial charge in [0.05, 0.1) is 19.3 Å². The van der Waals surface area contributed by atoms with Gasteiger partial charge in [0, 0.05) is 23.7 Å². The molecular formula is C24H20ClF2N3O4S. The quantitative estimate of drug-likeness (QED) is 0.476. The fourth-order valence-corrected chi connectivity index (χ4v) is 5.42. The number of rotatable bonds is 5. The third-order valence-corrected chi connectivity index (χ3v) is 7.16. The molecule has 182 valence electrons. The number of amides is 1. The summed E-state index contributed by atoms with van der Waals surface area (Å²) in [7, 11) is 0. The van der Waals surface area contributed by atoms with Gasteiger partial charge in [0.1, 0.15) is 18.0 Å². The molecule has 3 heterocycles. The first-order valence-electron chi connectivity index (χ1n) is 10.8. The maximum Gasteiger partial charge on any atom is 0.278 e. The summed E-state index contributed by atoms with van der Waals surface area (Å²) < 4.78 is 40.5. The maximum atomic E-state index is 14.5. The predicted octanol–water partition coefficient (Wildman–Crippen LogP) is 3.92. The van der Waals surface area contributed by atoms with Crippen LogP contribution in [0.4, 0.5) is 8.78 Å². The van der Waals surface area contributed by atoms with Crippen molar-refractivity contribution < 1.29 is 22.6 Å². The lowest BCUT2D eigenvalue weighted by atomic mass is 9.96. The van der Waals surface area contributed by atoms with Crippen LogP contribution in [0, 0.1) is 11.6 Å². The van der Waals surface area contributed by atoms with Crippen molar-refractivity contribution in [3.8, 4) is 5.75 Å². The molecule has 2 atom stereocenters. The highest BCUT2D eigenvalue weighted by atomic mass is 35.5. The minimum absolute atomic E-state index is 0.0557. The number of benzene rings is 2. The lowest BCUT2D eigenvalue weighted by molar-refractivity contribution is -0.0196. The smallest absolute Gasteiger partial charge is 0.278 e. The van der Waals surface area contributed by atoms with Crippen molar-refractivity contribution >= 4 is 29.5 Å². The van der Waals surface area contributed by atoms with Gasteiger partial charge in [0.2, 0.25) is 11.2 Å². The minimum atomic E-state index is -0.996. The summed E-state index contributed by atoms with van der Waals surface area (Å²) >= 11 is 7.13. The van der Waals surface area contributed by atoms with Gasteiger partial charge in [-0.25, -0.2) is 8.78 Å². The van der Waals surface area contributed by atoms with Crippen molar-refractivity contribution in [1.82, 2.24) is 9.58 Å². The van der Waals surface area contributed by atoms with Crippen molar-refractivity contribution in [1.29, 1.82) is 0 Å². The molecule has 0 N–H and O–H groups in total. The molecule has 1 amide bonds. The number of carbonyl (C=O) groups is 1. The largest absolute Gasteiger partial charge is 0.379 e. The van der Waals surface area contributed by atoms with Gasteiger partial charge in [-0.15, -0.1) is 11.8 Å². The van der Waals surface area contributed by atoms with E-state index in [0.29, 0.717) is 12.2 Å². The summed E-state index contributed by atoms with van der Waals surface area (Å²) in [5, 5.41) is 1.82. The van der Waals surface area contributed by atoms with Crippen molar-refractivity contribution in [2.45, 2.75) is 17.1 Å². The Hall–Kier alpha value is -3.08. The molecule has 2 aromatic carbocycles. The summed E-state index contributed by atoms with van der Waals surface area (Å²) in [5.41, 5.74) is 0.632. The van der Waals surface area contributed by atoms with Crippen LogP contribution in [0.25, 0.3) is 0 Å². The number of hydrogen-bond donors (Lipinski definition) is 0. The average Bonchev–Trinajstić information content (AvgIpc) is 2.88. The van der Waals surface area contributed by atoms with Gasteiger partial charge in [-0.05, 0) is 35.6 Å². The molecule has 0 unspecified atom stereocenters. The first kappa shape index (κ1) is 23.7. The predicted molar refractivity (Wildman–Crippen MR) is 127 cm³/mol. The number of nitrogens with zero attached hydrogens (tertiary/aromatic N) is 3. The molecular weight excluding hydrogens is 500 g/mol. The molecule has 35 heavy (non-hydrogen) atoms. The van der Waals surface area contributed by atoms with Gasteiger partial charge in [0.15, 0.2) is 17.3 Å². The topological polar surface area (TPSA) is 64.0 Å². The Morgan fingerprint density at radius 2 is 1.94 bits per heavy atom. The van der Waals surface area contributed by atoms with E-state index in [1.54, 1.807) is 4.90 Å². The fraction of sp³-hybridized carbons (Fsp3) is 0.250. The van der Waals surface area contributed by atoms with Crippen LogP contribution in [0.1, 0.15) is 27.7 Å². The molecule has 1 saturated heterocycles. The number of pyridine rings is 1. The second-order valence-corrected chi connectivity index (χ2v) is 9.03. The molecule has 0 aliphatic carbocycles. The Morgan fingerprint density at radius 1 is 1.14 bits per heavy atom. The summed E-state index contributed by atoms with van der Waals surface area (Å²) in [6.07, 6.45) is 2.76. The van der Waals surface area contributed by atoms with Crippen LogP contribution in [0.2, 0.25) is 0 Å². The monoisotopic (exact) mass is 519 g/mol. The number of ether oxygens (including phenoxy) is 1. The zero-order valence-electron chi connectivity index (χ0n) is 18.5. The molecule has 0 saturated carbocycles. The number of thioether (sulfide) groups is 1. The molecule has 0 radical (unpaired) electrons. The number of hydrogen-bond acceptors (Lipinski definition) is 6. The van der Waals surface area contributed by atoms with E-state index < -0.39 is 35.2 Å². The number of morpholine rings is 1. The van der Waals surface area contributed by atoms with Crippen LogP contribution >= 0.6 is 23.6 Å². The molecule has 0 spiro atoms. The molecule has 11 heteroatoms. The lowest BCUT2D eigenvalue weighted by Gasteiger charge is -2.51. The van der Waals surface area contributed by atoms with E-state index in [1.165, 1.54) is 34.8 Å². The maximum absolute atomic E-state index is 14.5. The van der Waals surface area contributed by atoms with E-state index in [0.717, 1.165) is 22.6 Å². The standard InChI is InChI=1S/C24H20ClF2N3O4S/c1-35-19-5-3-2-4-15(19)21(14-6-7-16(26)17(27)12-14)30-20-13-33-11-10-28(20)24(32)22-23(34-25)18(31)8-9-29(22)30/h2-9,12,20-21H,10-11,13H2,1H3/t20-,21-/m1/s1. The molecule has 2 aliphatic rings. The average molecular weight is 520 g/mol. The lowest BCUT2D eigenvalue weighted by Crippen LogP contribution is -2.66. The second kappa shape index (κ2) is 9.52. The number of aromatic nitrogens is 1. The normalized spacial score (nSPS) is 18.2. The zero-order chi connectivity index (χ0) is 24.7. The van der Waals surface area contributed by atoms with Gasteiger partial charge in [-0.2, -0.15) is 0 Å². The van der Waals surface area contributed by atoms with E-state index in [2.05, 4.69) is 0 Å². The van der Waals surface area contributed by atoms with Crippen LogP contribution < -0.4 is 14.7 Å². The fourth-order valence-electron chi connectivity index (χ4n) is 4.64. The van der Waals surface area contributed by atoms with Crippen molar-refractivity contribution in [2.75, 3.05) is 31.0 Å². The van der Waals surface area contributed by atoms with Gasteiger partial charge in [-0.3, -0.25) is 19.3 Å². The highest BCUT2D eigenvalue weighted by molar-refractivity contribution is 7.98. The highest BCUT2D eigenvalue weighted by Gasteiger charge is 2.45. The first-order chi connectivity index (χ1) is 17.0. The van der Waals surface area contributed by atoms with Crippen LogP contribution in [0.5, 0.6) is 5.75 Å². The second-order valence-electron chi connectivity index (χ2n) is 8.03. The molecule has 3 aromatic rings. The van der Waals surface area contributed by atoms with Crippen LogP contribution in [-0.2, 0) is 4.74 Å².